The average molecular weight is 434 g/mol. The Kier molecular flexibility index (Phi) is 7.12. The number of ether oxygens (including phenoxy) is 4. The van der Waals surface area contributed by atoms with Gasteiger partial charge in [-0.05, 0) is 12.1 Å². The maximum absolute atomic E-state index is 13.1. The first kappa shape index (κ1) is 23.5. The van der Waals surface area contributed by atoms with Gasteiger partial charge in [-0.2, -0.15) is 0 Å². The molecular weight excluding hydrogens is 416 g/mol. The van der Waals surface area contributed by atoms with E-state index in [1.807, 2.05) is 0 Å². The van der Waals surface area contributed by atoms with Gasteiger partial charge in [0.25, 0.3) is 11.4 Å². The zero-order valence-corrected chi connectivity index (χ0v) is 16.9. The lowest BCUT2D eigenvalue weighted by atomic mass is 9.97. The minimum Gasteiger partial charge on any atom is -0.465 e. The van der Waals surface area contributed by atoms with E-state index in [-0.39, 0.29) is 22.3 Å². The smallest absolute Gasteiger partial charge is 0.338 e. The van der Waals surface area contributed by atoms with Gasteiger partial charge in [0.05, 0.1) is 22.5 Å². The third-order valence-corrected chi connectivity index (χ3v) is 4.36. The lowest BCUT2D eigenvalue weighted by Crippen LogP contribution is -2.33. The standard InChI is InChI=1S/C19H18N2O10/c1-28-18(23)13-5-11(7-15(9-13)20(24)25)17(22)12-6-14(10-16(8-12)21(26)27)19(29-2,30-3)31-4/h5-10H,1-4H3. The van der Waals surface area contributed by atoms with Gasteiger partial charge in [0.15, 0.2) is 5.78 Å². The molecule has 164 valence electrons. The van der Waals surface area contributed by atoms with E-state index < -0.39 is 38.9 Å². The summed E-state index contributed by atoms with van der Waals surface area (Å²) in [4.78, 5) is 46.0. The van der Waals surface area contributed by atoms with Crippen molar-refractivity contribution in [1.82, 2.24) is 0 Å². The van der Waals surface area contributed by atoms with E-state index in [0.29, 0.717) is 0 Å². The summed E-state index contributed by atoms with van der Waals surface area (Å²) in [5, 5.41) is 22.6. The van der Waals surface area contributed by atoms with Crippen molar-refractivity contribution in [3.8, 4) is 0 Å². The number of nitro benzene ring substituents is 2. The molecule has 0 aromatic heterocycles. The van der Waals surface area contributed by atoms with E-state index in [4.69, 9.17) is 14.2 Å². The third kappa shape index (κ3) is 4.71. The van der Waals surface area contributed by atoms with Crippen LogP contribution in [0.5, 0.6) is 0 Å². The molecular formula is C19H18N2O10. The summed E-state index contributed by atoms with van der Waals surface area (Å²) in [6.45, 7) is 0. The second-order valence-corrected chi connectivity index (χ2v) is 6.04. The van der Waals surface area contributed by atoms with Crippen molar-refractivity contribution in [2.75, 3.05) is 28.4 Å². The second kappa shape index (κ2) is 9.38. The van der Waals surface area contributed by atoms with E-state index in [0.717, 1.165) is 37.4 Å². The van der Waals surface area contributed by atoms with Crippen LogP contribution in [0.2, 0.25) is 0 Å². The highest BCUT2D eigenvalue weighted by atomic mass is 16.9. The minimum absolute atomic E-state index is 0.00354. The Bertz CT molecular complexity index is 1040. The summed E-state index contributed by atoms with van der Waals surface area (Å²) in [6.07, 6.45) is 0. The number of methoxy groups -OCH3 is 4. The van der Waals surface area contributed by atoms with Crippen molar-refractivity contribution in [1.29, 1.82) is 0 Å². The predicted molar refractivity (Wildman–Crippen MR) is 104 cm³/mol. The second-order valence-electron chi connectivity index (χ2n) is 6.04. The van der Waals surface area contributed by atoms with Crippen LogP contribution in [0.4, 0.5) is 11.4 Å². The minimum atomic E-state index is -1.85. The molecule has 0 N–H and O–H groups in total. The lowest BCUT2D eigenvalue weighted by Gasteiger charge is -2.29. The summed E-state index contributed by atoms with van der Waals surface area (Å²) in [5.74, 6) is -3.56. The highest BCUT2D eigenvalue weighted by Gasteiger charge is 2.35. The van der Waals surface area contributed by atoms with Crippen LogP contribution >= 0.6 is 0 Å². The summed E-state index contributed by atoms with van der Waals surface area (Å²) >= 11 is 0. The number of carbonyl (C=O) groups excluding carboxylic acids is 2. The van der Waals surface area contributed by atoms with Crippen molar-refractivity contribution in [3.05, 3.63) is 78.9 Å². The molecule has 0 aliphatic rings. The topological polar surface area (TPSA) is 157 Å². The Morgan fingerprint density at radius 3 is 1.65 bits per heavy atom. The van der Waals surface area contributed by atoms with E-state index in [9.17, 15) is 29.8 Å². The fourth-order valence-corrected chi connectivity index (χ4v) is 2.88. The maximum atomic E-state index is 13.1. The number of benzene rings is 2. The Morgan fingerprint density at radius 1 is 0.742 bits per heavy atom. The summed E-state index contributed by atoms with van der Waals surface area (Å²) in [5.41, 5.74) is -1.70. The molecule has 2 rings (SSSR count). The molecule has 0 heterocycles. The maximum Gasteiger partial charge on any atom is 0.338 e. The van der Waals surface area contributed by atoms with Crippen LogP contribution in [-0.4, -0.2) is 50.0 Å². The first-order valence-corrected chi connectivity index (χ1v) is 8.50. The molecule has 12 heteroatoms. The van der Waals surface area contributed by atoms with Gasteiger partial charge < -0.3 is 18.9 Å². The molecule has 0 aliphatic heterocycles. The van der Waals surface area contributed by atoms with Crippen LogP contribution in [0.3, 0.4) is 0 Å². The van der Waals surface area contributed by atoms with Crippen molar-refractivity contribution in [2.24, 2.45) is 0 Å². The molecule has 2 aromatic carbocycles. The van der Waals surface area contributed by atoms with Crippen LogP contribution in [-0.2, 0) is 24.9 Å². The van der Waals surface area contributed by atoms with Crippen LogP contribution in [0.25, 0.3) is 0 Å². The zero-order chi connectivity index (χ0) is 23.3. The molecule has 0 fully saturated rings. The van der Waals surface area contributed by atoms with Crippen LogP contribution < -0.4 is 0 Å². The van der Waals surface area contributed by atoms with Crippen molar-refractivity contribution < 1.29 is 38.4 Å². The van der Waals surface area contributed by atoms with Crippen LogP contribution in [0, 0.1) is 20.2 Å². The Balaban J connectivity index is 2.72. The monoisotopic (exact) mass is 434 g/mol. The fraction of sp³-hybridized carbons (Fsp3) is 0.263. The van der Waals surface area contributed by atoms with Gasteiger partial charge in [0.1, 0.15) is 0 Å². The van der Waals surface area contributed by atoms with Crippen molar-refractivity contribution >= 4 is 23.1 Å². The highest BCUT2D eigenvalue weighted by Crippen LogP contribution is 2.32. The van der Waals surface area contributed by atoms with Gasteiger partial charge in [0, 0.05) is 62.3 Å². The largest absolute Gasteiger partial charge is 0.465 e. The molecule has 12 nitrogen and oxygen atoms in total. The van der Waals surface area contributed by atoms with Gasteiger partial charge >= 0.3 is 11.9 Å². The lowest BCUT2D eigenvalue weighted by molar-refractivity contribution is -0.386. The van der Waals surface area contributed by atoms with Gasteiger partial charge in [-0.25, -0.2) is 4.79 Å². The molecule has 0 saturated carbocycles. The van der Waals surface area contributed by atoms with Crippen molar-refractivity contribution in [2.45, 2.75) is 5.97 Å². The summed E-state index contributed by atoms with van der Waals surface area (Å²) < 4.78 is 20.1. The Hall–Kier alpha value is -3.74. The molecule has 31 heavy (non-hydrogen) atoms. The van der Waals surface area contributed by atoms with Gasteiger partial charge in [-0.15, -0.1) is 0 Å². The molecule has 0 spiro atoms. The summed E-state index contributed by atoms with van der Waals surface area (Å²) in [7, 11) is 4.78. The highest BCUT2D eigenvalue weighted by molar-refractivity contribution is 6.10. The van der Waals surface area contributed by atoms with Gasteiger partial charge in [-0.3, -0.25) is 25.0 Å². The average Bonchev–Trinajstić information content (AvgIpc) is 2.78. The number of ketones is 1. The molecule has 0 bridgehead atoms. The molecule has 2 aromatic rings. The molecule has 0 aliphatic carbocycles. The van der Waals surface area contributed by atoms with Gasteiger partial charge in [0.2, 0.25) is 0 Å². The predicted octanol–water partition coefficient (Wildman–Crippen LogP) is 2.57. The number of hydrogen-bond acceptors (Lipinski definition) is 10. The summed E-state index contributed by atoms with van der Waals surface area (Å²) in [6, 6.07) is 6.30. The molecule has 0 radical (unpaired) electrons. The van der Waals surface area contributed by atoms with E-state index >= 15 is 0 Å². The number of non-ortho nitro benzene ring substituents is 2. The number of hydrogen-bond donors (Lipinski definition) is 0. The quantitative estimate of drug-likeness (QED) is 0.189. The molecule has 0 saturated heterocycles. The Morgan fingerprint density at radius 2 is 1.19 bits per heavy atom. The van der Waals surface area contributed by atoms with E-state index in [1.54, 1.807) is 0 Å². The van der Waals surface area contributed by atoms with E-state index in [1.165, 1.54) is 27.4 Å². The first-order chi connectivity index (χ1) is 14.6. The zero-order valence-electron chi connectivity index (χ0n) is 16.9. The number of rotatable bonds is 9. The number of nitro groups is 2. The number of carbonyl (C=O) groups is 2. The molecule has 0 atom stereocenters. The van der Waals surface area contributed by atoms with Crippen LogP contribution in [0.15, 0.2) is 36.4 Å². The number of esters is 1. The fourth-order valence-electron chi connectivity index (χ4n) is 2.88. The third-order valence-electron chi connectivity index (χ3n) is 4.36. The van der Waals surface area contributed by atoms with Crippen molar-refractivity contribution in [3.63, 3.8) is 0 Å². The first-order valence-electron chi connectivity index (χ1n) is 8.50. The van der Waals surface area contributed by atoms with E-state index in [2.05, 4.69) is 4.74 Å². The van der Waals surface area contributed by atoms with Crippen LogP contribution in [0.1, 0.15) is 31.8 Å². The Labute approximate surface area is 175 Å². The number of nitrogens with zero attached hydrogens (tertiary/aromatic N) is 2. The molecule has 0 unspecified atom stereocenters. The van der Waals surface area contributed by atoms with Gasteiger partial charge in [-0.1, -0.05) is 0 Å². The SMILES string of the molecule is COC(=O)c1cc(C(=O)c2cc([N+](=O)[O-])cc(C(OC)(OC)OC)c2)cc([N+](=O)[O-])c1. The molecule has 0 amide bonds. The normalized spacial score (nSPS) is 11.1.